The van der Waals surface area contributed by atoms with Gasteiger partial charge in [0, 0.05) is 61.0 Å². The number of pyridine rings is 1. The number of anilines is 1. The molecule has 0 atom stereocenters. The lowest BCUT2D eigenvalue weighted by Gasteiger charge is -2.29. The number of aromatic amines is 1. The highest BCUT2D eigenvalue weighted by Crippen LogP contribution is 2.41. The van der Waals surface area contributed by atoms with Crippen molar-refractivity contribution in [3.63, 3.8) is 0 Å². The maximum Gasteiger partial charge on any atom is 0.182 e. The number of phenolic OH excluding ortho intramolecular Hbond substituents is 1. The van der Waals surface area contributed by atoms with Gasteiger partial charge in [-0.15, -0.1) is 17.0 Å². The molecule has 0 radical (unpaired) electrons. The van der Waals surface area contributed by atoms with Crippen molar-refractivity contribution in [2.75, 3.05) is 37.3 Å². The fourth-order valence-corrected chi connectivity index (χ4v) is 5.56. The molecular formula is C24H25BrFN5O3S. The Labute approximate surface area is 212 Å². The van der Waals surface area contributed by atoms with E-state index in [2.05, 4.69) is 25.4 Å². The Bertz CT molecular complexity index is 1500. The second-order valence-corrected chi connectivity index (χ2v) is 10.4. The maximum absolute atomic E-state index is 14.9. The van der Waals surface area contributed by atoms with Crippen molar-refractivity contribution in [2.24, 2.45) is 0 Å². The Morgan fingerprint density at radius 1 is 1.09 bits per heavy atom. The molecule has 2 aromatic heterocycles. The Balaban J connectivity index is 0.00000289. The second-order valence-electron chi connectivity index (χ2n) is 8.43. The molecule has 11 heteroatoms. The van der Waals surface area contributed by atoms with Crippen LogP contribution >= 0.6 is 17.0 Å². The number of aryl methyl sites for hydroxylation is 1. The first-order valence-electron chi connectivity index (χ1n) is 10.9. The zero-order chi connectivity index (χ0) is 24.0. The smallest absolute Gasteiger partial charge is 0.182 e. The number of phenols is 1. The van der Waals surface area contributed by atoms with E-state index in [1.165, 1.54) is 12.1 Å². The van der Waals surface area contributed by atoms with Gasteiger partial charge in [0.1, 0.15) is 16.5 Å². The summed E-state index contributed by atoms with van der Waals surface area (Å²) >= 11 is 0. The summed E-state index contributed by atoms with van der Waals surface area (Å²) in [6, 6.07) is 11.3. The molecule has 184 valence electrons. The molecule has 35 heavy (non-hydrogen) atoms. The molecule has 8 nitrogen and oxygen atoms in total. The molecule has 3 heterocycles. The molecule has 2 aromatic carbocycles. The summed E-state index contributed by atoms with van der Waals surface area (Å²) in [5, 5.41) is 20.7. The molecule has 1 aliphatic heterocycles. The molecule has 1 saturated heterocycles. The number of fused-ring (bicyclic) bond motifs is 1. The zero-order valence-electron chi connectivity index (χ0n) is 19.2. The molecule has 0 spiro atoms. The van der Waals surface area contributed by atoms with Crippen LogP contribution in [0.4, 0.5) is 10.1 Å². The third-order valence-corrected chi connectivity index (χ3v) is 7.19. The Morgan fingerprint density at radius 2 is 1.77 bits per heavy atom. The van der Waals surface area contributed by atoms with Crippen LogP contribution in [0.3, 0.4) is 0 Å². The van der Waals surface area contributed by atoms with Crippen molar-refractivity contribution < 1.29 is 17.9 Å². The Morgan fingerprint density at radius 3 is 2.40 bits per heavy atom. The van der Waals surface area contributed by atoms with Crippen molar-refractivity contribution in [2.45, 2.75) is 11.8 Å². The first-order valence-corrected chi connectivity index (χ1v) is 12.8. The number of halogens is 2. The van der Waals surface area contributed by atoms with Crippen molar-refractivity contribution in [3.05, 3.63) is 54.0 Å². The van der Waals surface area contributed by atoms with Crippen LogP contribution in [0.1, 0.15) is 5.69 Å². The van der Waals surface area contributed by atoms with E-state index in [4.69, 9.17) is 0 Å². The summed E-state index contributed by atoms with van der Waals surface area (Å²) in [4.78, 5) is 6.63. The molecule has 0 amide bonds. The van der Waals surface area contributed by atoms with Crippen molar-refractivity contribution in [1.82, 2.24) is 20.5 Å². The SMILES string of the molecule is Br.Cc1[nH]nc2nc(-c3ccc(O)cc3F)c(S(C)(=O)=O)c(-c3ccc(N4CCNCC4)cc3)c12. The predicted molar refractivity (Wildman–Crippen MR) is 140 cm³/mol. The van der Waals surface area contributed by atoms with E-state index in [0.29, 0.717) is 22.2 Å². The first-order chi connectivity index (χ1) is 16.2. The molecule has 1 fully saturated rings. The lowest BCUT2D eigenvalue weighted by atomic mass is 9.98. The van der Waals surface area contributed by atoms with E-state index >= 15 is 0 Å². The van der Waals surface area contributed by atoms with Gasteiger partial charge in [0.15, 0.2) is 15.5 Å². The standard InChI is InChI=1S/C24H24FN5O3S.BrH/c1-14-20-21(15-3-5-16(6-4-15)30-11-9-26-10-12-30)23(34(2,32)33)22(27-24(20)29-28-14)18-8-7-17(31)13-19(18)25;/h3-8,13,26,31H,9-12H2,1-2H3,(H,27,28,29);1H. The largest absolute Gasteiger partial charge is 0.508 e. The van der Waals surface area contributed by atoms with Gasteiger partial charge in [-0.05, 0) is 36.8 Å². The fraction of sp³-hybridized carbons (Fsp3) is 0.250. The molecule has 0 saturated carbocycles. The van der Waals surface area contributed by atoms with Crippen LogP contribution in [0.25, 0.3) is 33.4 Å². The second kappa shape index (κ2) is 9.56. The van der Waals surface area contributed by atoms with Crippen LogP contribution in [0.2, 0.25) is 0 Å². The fourth-order valence-electron chi connectivity index (χ4n) is 4.46. The number of hydrogen-bond acceptors (Lipinski definition) is 7. The number of aromatic hydroxyl groups is 1. The number of hydrogen-bond donors (Lipinski definition) is 3. The van der Waals surface area contributed by atoms with Gasteiger partial charge in [0.25, 0.3) is 0 Å². The molecule has 5 rings (SSSR count). The van der Waals surface area contributed by atoms with E-state index in [0.717, 1.165) is 44.2 Å². The Kier molecular flexibility index (Phi) is 6.85. The average molecular weight is 562 g/mol. The van der Waals surface area contributed by atoms with Gasteiger partial charge >= 0.3 is 0 Å². The number of rotatable bonds is 4. The predicted octanol–water partition coefficient (Wildman–Crippen LogP) is 3.84. The molecule has 0 aliphatic carbocycles. The van der Waals surface area contributed by atoms with Crippen LogP contribution in [0, 0.1) is 12.7 Å². The van der Waals surface area contributed by atoms with Crippen LogP contribution in [-0.4, -0.2) is 61.1 Å². The lowest BCUT2D eigenvalue weighted by molar-refractivity contribution is 0.469. The van der Waals surface area contributed by atoms with E-state index < -0.39 is 15.7 Å². The number of sulfone groups is 1. The van der Waals surface area contributed by atoms with Crippen LogP contribution in [-0.2, 0) is 9.84 Å². The van der Waals surface area contributed by atoms with Crippen LogP contribution in [0.5, 0.6) is 5.75 Å². The highest BCUT2D eigenvalue weighted by Gasteiger charge is 2.28. The third-order valence-electron chi connectivity index (χ3n) is 6.05. The minimum Gasteiger partial charge on any atom is -0.508 e. The van der Waals surface area contributed by atoms with Crippen molar-refractivity contribution in [3.8, 4) is 28.1 Å². The third kappa shape index (κ3) is 4.63. The summed E-state index contributed by atoms with van der Waals surface area (Å²) in [5.41, 5.74) is 3.01. The van der Waals surface area contributed by atoms with Gasteiger partial charge in [-0.2, -0.15) is 5.10 Å². The van der Waals surface area contributed by atoms with Gasteiger partial charge < -0.3 is 15.3 Å². The monoisotopic (exact) mass is 561 g/mol. The molecule has 3 N–H and O–H groups in total. The molecule has 0 unspecified atom stereocenters. The average Bonchev–Trinajstić information content (AvgIpc) is 3.18. The summed E-state index contributed by atoms with van der Waals surface area (Å²) in [5.74, 6) is -1.04. The molecular weight excluding hydrogens is 537 g/mol. The summed E-state index contributed by atoms with van der Waals surface area (Å²) in [7, 11) is -3.86. The number of benzene rings is 2. The topological polar surface area (TPSA) is 111 Å². The number of nitrogens with one attached hydrogen (secondary N) is 2. The molecule has 0 bridgehead atoms. The highest BCUT2D eigenvalue weighted by atomic mass is 79.9. The van der Waals surface area contributed by atoms with Crippen LogP contribution in [0.15, 0.2) is 47.4 Å². The number of aromatic nitrogens is 3. The maximum atomic E-state index is 14.9. The van der Waals surface area contributed by atoms with E-state index in [1.807, 2.05) is 24.3 Å². The highest BCUT2D eigenvalue weighted by molar-refractivity contribution is 8.93. The Hall–Kier alpha value is -3.02. The normalized spacial score (nSPS) is 14.2. The summed E-state index contributed by atoms with van der Waals surface area (Å²) in [6.45, 7) is 5.38. The number of nitrogens with zero attached hydrogens (tertiary/aromatic N) is 3. The minimum absolute atomic E-state index is 0. The van der Waals surface area contributed by atoms with E-state index in [9.17, 15) is 17.9 Å². The van der Waals surface area contributed by atoms with Gasteiger partial charge in [0.2, 0.25) is 0 Å². The van der Waals surface area contributed by atoms with Crippen molar-refractivity contribution in [1.29, 1.82) is 0 Å². The lowest BCUT2D eigenvalue weighted by Crippen LogP contribution is -2.43. The summed E-state index contributed by atoms with van der Waals surface area (Å²) < 4.78 is 41.1. The van der Waals surface area contributed by atoms with Gasteiger partial charge in [-0.1, -0.05) is 12.1 Å². The number of H-pyrrole nitrogens is 1. The van der Waals surface area contributed by atoms with E-state index in [-0.39, 0.29) is 44.5 Å². The van der Waals surface area contributed by atoms with E-state index in [1.54, 1.807) is 6.92 Å². The molecule has 1 aliphatic rings. The number of piperazine rings is 1. The summed E-state index contributed by atoms with van der Waals surface area (Å²) in [6.07, 6.45) is 1.09. The molecule has 4 aromatic rings. The van der Waals surface area contributed by atoms with Gasteiger partial charge in [-0.3, -0.25) is 5.10 Å². The van der Waals surface area contributed by atoms with Crippen LogP contribution < -0.4 is 10.2 Å². The quantitative estimate of drug-likeness (QED) is 0.347. The van der Waals surface area contributed by atoms with Crippen molar-refractivity contribution >= 4 is 43.5 Å². The van der Waals surface area contributed by atoms with Gasteiger partial charge in [-0.25, -0.2) is 17.8 Å². The first kappa shape index (κ1) is 25.1. The zero-order valence-corrected chi connectivity index (χ0v) is 21.7. The minimum atomic E-state index is -3.86. The van der Waals surface area contributed by atoms with Gasteiger partial charge in [0.05, 0.1) is 11.1 Å².